The molecule has 0 saturated carbocycles. The van der Waals surface area contributed by atoms with Gasteiger partial charge in [-0.3, -0.25) is 4.79 Å². The van der Waals surface area contributed by atoms with Crippen LogP contribution in [0.2, 0.25) is 0 Å². The number of hydrogen-bond donors (Lipinski definition) is 3. The smallest absolute Gasteiger partial charge is 0.237 e. The summed E-state index contributed by atoms with van der Waals surface area (Å²) in [5.74, 6) is 0.736. The lowest BCUT2D eigenvalue weighted by molar-refractivity contribution is -0.123. The second kappa shape index (κ2) is 8.52. The average molecular weight is 343 g/mol. The quantitative estimate of drug-likeness (QED) is 0.711. The van der Waals surface area contributed by atoms with Gasteiger partial charge in [-0.1, -0.05) is 32.9 Å². The Morgan fingerprint density at radius 3 is 2.78 bits per heavy atom. The molecule has 0 bridgehead atoms. The van der Waals surface area contributed by atoms with E-state index in [-0.39, 0.29) is 29.8 Å². The second-order valence-corrected chi connectivity index (χ2v) is 6.77. The highest BCUT2D eigenvalue weighted by Gasteiger charge is 2.27. The molecule has 1 heterocycles. The van der Waals surface area contributed by atoms with E-state index in [0.29, 0.717) is 26.1 Å². The van der Waals surface area contributed by atoms with Gasteiger partial charge in [-0.15, -0.1) is 12.4 Å². The minimum absolute atomic E-state index is 0. The Kier molecular flexibility index (Phi) is 7.32. The average Bonchev–Trinajstić information content (AvgIpc) is 2.89. The molecular formula is C17H27ClN2O3. The first-order chi connectivity index (χ1) is 10.4. The molecular weight excluding hydrogens is 316 g/mol. The van der Waals surface area contributed by atoms with Crippen molar-refractivity contribution < 1.29 is 14.6 Å². The van der Waals surface area contributed by atoms with Crippen molar-refractivity contribution in [3.05, 3.63) is 29.8 Å². The van der Waals surface area contributed by atoms with E-state index in [1.807, 2.05) is 18.2 Å². The maximum Gasteiger partial charge on any atom is 0.237 e. The lowest BCUT2D eigenvalue weighted by Gasteiger charge is -2.19. The molecule has 0 aromatic heterocycles. The van der Waals surface area contributed by atoms with Crippen LogP contribution in [-0.4, -0.2) is 42.9 Å². The number of amides is 1. The summed E-state index contributed by atoms with van der Waals surface area (Å²) in [6.45, 7) is 7.84. The number of aliphatic hydroxyl groups excluding tert-OH is 1. The molecule has 0 spiro atoms. The van der Waals surface area contributed by atoms with Crippen LogP contribution in [0.3, 0.4) is 0 Å². The minimum Gasteiger partial charge on any atom is -0.492 e. The van der Waals surface area contributed by atoms with Gasteiger partial charge in [0.25, 0.3) is 0 Å². The van der Waals surface area contributed by atoms with Gasteiger partial charge in [-0.05, 0) is 29.5 Å². The van der Waals surface area contributed by atoms with E-state index >= 15 is 0 Å². The van der Waals surface area contributed by atoms with Crippen LogP contribution >= 0.6 is 12.4 Å². The number of nitrogens with one attached hydrogen (secondary N) is 2. The van der Waals surface area contributed by atoms with E-state index in [1.165, 1.54) is 5.56 Å². The van der Waals surface area contributed by atoms with Gasteiger partial charge in [0.1, 0.15) is 12.4 Å². The van der Waals surface area contributed by atoms with Crippen LogP contribution in [0.1, 0.15) is 32.8 Å². The Hall–Kier alpha value is -1.30. The lowest BCUT2D eigenvalue weighted by Crippen LogP contribution is -2.41. The molecule has 1 fully saturated rings. The normalized spacial score (nSPS) is 20.7. The number of benzene rings is 1. The molecule has 1 aromatic rings. The van der Waals surface area contributed by atoms with Crippen molar-refractivity contribution in [2.75, 3.05) is 19.7 Å². The maximum atomic E-state index is 11.8. The number of carbonyl (C=O) groups is 1. The Bertz CT molecular complexity index is 517. The summed E-state index contributed by atoms with van der Waals surface area (Å²) >= 11 is 0. The summed E-state index contributed by atoms with van der Waals surface area (Å²) in [6.07, 6.45) is 0.0486. The Labute approximate surface area is 144 Å². The first-order valence-electron chi connectivity index (χ1n) is 7.79. The number of β-amino-alcohol motifs (C(OH)–C–C–N with tert-alkyl or cyclic N) is 1. The maximum absolute atomic E-state index is 11.8. The molecule has 1 saturated heterocycles. The fourth-order valence-electron chi connectivity index (χ4n) is 2.44. The summed E-state index contributed by atoms with van der Waals surface area (Å²) in [5.41, 5.74) is 1.31. The number of carbonyl (C=O) groups excluding carboxylic acids is 1. The standard InChI is InChI=1S/C17H26N2O3.ClH/c1-17(2,3)12-5-4-6-14(9-12)22-8-7-18-16(21)15-10-13(20)11-19-15;/h4-6,9,13,15,19-20H,7-8,10-11H2,1-3H3,(H,18,21);1H. The Balaban J connectivity index is 0.00000264. The van der Waals surface area contributed by atoms with E-state index in [0.717, 1.165) is 5.75 Å². The molecule has 1 amide bonds. The third-order valence-electron chi connectivity index (χ3n) is 3.79. The third-order valence-corrected chi connectivity index (χ3v) is 3.79. The number of aliphatic hydroxyl groups is 1. The van der Waals surface area contributed by atoms with Gasteiger partial charge in [-0.2, -0.15) is 0 Å². The molecule has 2 atom stereocenters. The predicted octanol–water partition coefficient (Wildman–Crippen LogP) is 1.62. The van der Waals surface area contributed by atoms with Gasteiger partial charge < -0.3 is 20.5 Å². The van der Waals surface area contributed by atoms with E-state index in [1.54, 1.807) is 0 Å². The van der Waals surface area contributed by atoms with E-state index in [4.69, 9.17) is 4.74 Å². The molecule has 5 nitrogen and oxygen atoms in total. The molecule has 23 heavy (non-hydrogen) atoms. The summed E-state index contributed by atoms with van der Waals surface area (Å²) in [5, 5.41) is 15.2. The SMILES string of the molecule is CC(C)(C)c1cccc(OCCNC(=O)C2CC(O)CN2)c1.Cl. The molecule has 6 heteroatoms. The number of rotatable bonds is 5. The van der Waals surface area contributed by atoms with Crippen molar-refractivity contribution in [3.63, 3.8) is 0 Å². The van der Waals surface area contributed by atoms with Crippen molar-refractivity contribution in [1.29, 1.82) is 0 Å². The van der Waals surface area contributed by atoms with Crippen LogP contribution in [0.5, 0.6) is 5.75 Å². The van der Waals surface area contributed by atoms with Crippen LogP contribution < -0.4 is 15.4 Å². The third kappa shape index (κ3) is 6.01. The summed E-state index contributed by atoms with van der Waals surface area (Å²) in [7, 11) is 0. The molecule has 3 N–H and O–H groups in total. The highest BCUT2D eigenvalue weighted by Crippen LogP contribution is 2.25. The molecule has 0 aliphatic carbocycles. The Morgan fingerprint density at radius 1 is 1.43 bits per heavy atom. The zero-order valence-electron chi connectivity index (χ0n) is 14.0. The van der Waals surface area contributed by atoms with Gasteiger partial charge in [0, 0.05) is 6.54 Å². The van der Waals surface area contributed by atoms with E-state index in [2.05, 4.69) is 37.5 Å². The molecule has 130 valence electrons. The van der Waals surface area contributed by atoms with Gasteiger partial charge in [0.2, 0.25) is 5.91 Å². The Morgan fingerprint density at radius 2 is 2.17 bits per heavy atom. The summed E-state index contributed by atoms with van der Waals surface area (Å²) in [6, 6.07) is 7.74. The molecule has 2 unspecified atom stereocenters. The first-order valence-corrected chi connectivity index (χ1v) is 7.79. The van der Waals surface area contributed by atoms with Gasteiger partial charge in [0.15, 0.2) is 0 Å². The fourth-order valence-corrected chi connectivity index (χ4v) is 2.44. The number of halogens is 1. The van der Waals surface area contributed by atoms with Crippen LogP contribution in [-0.2, 0) is 10.2 Å². The molecule has 0 radical (unpaired) electrons. The minimum atomic E-state index is -0.424. The van der Waals surface area contributed by atoms with Crippen LogP contribution in [0, 0.1) is 0 Å². The van der Waals surface area contributed by atoms with Crippen molar-refractivity contribution in [3.8, 4) is 5.75 Å². The monoisotopic (exact) mass is 342 g/mol. The predicted molar refractivity (Wildman–Crippen MR) is 93.3 cm³/mol. The van der Waals surface area contributed by atoms with E-state index in [9.17, 15) is 9.90 Å². The largest absolute Gasteiger partial charge is 0.492 e. The highest BCUT2D eigenvalue weighted by molar-refractivity contribution is 5.85. The van der Waals surface area contributed by atoms with Crippen molar-refractivity contribution >= 4 is 18.3 Å². The van der Waals surface area contributed by atoms with Crippen LogP contribution in [0.25, 0.3) is 0 Å². The summed E-state index contributed by atoms with van der Waals surface area (Å²) in [4.78, 5) is 11.8. The van der Waals surface area contributed by atoms with E-state index < -0.39 is 6.10 Å². The zero-order valence-corrected chi connectivity index (χ0v) is 14.8. The van der Waals surface area contributed by atoms with Crippen molar-refractivity contribution in [2.45, 2.75) is 44.8 Å². The van der Waals surface area contributed by atoms with Crippen LogP contribution in [0.15, 0.2) is 24.3 Å². The number of hydrogen-bond acceptors (Lipinski definition) is 4. The number of ether oxygens (including phenoxy) is 1. The van der Waals surface area contributed by atoms with Gasteiger partial charge >= 0.3 is 0 Å². The van der Waals surface area contributed by atoms with Gasteiger partial charge in [0.05, 0.1) is 18.7 Å². The zero-order chi connectivity index (χ0) is 16.2. The van der Waals surface area contributed by atoms with Crippen molar-refractivity contribution in [2.24, 2.45) is 0 Å². The molecule has 2 rings (SSSR count). The first kappa shape index (κ1) is 19.7. The van der Waals surface area contributed by atoms with Crippen molar-refractivity contribution in [1.82, 2.24) is 10.6 Å². The lowest BCUT2D eigenvalue weighted by atomic mass is 9.87. The molecule has 1 aliphatic heterocycles. The summed E-state index contributed by atoms with van der Waals surface area (Å²) < 4.78 is 5.69. The second-order valence-electron chi connectivity index (χ2n) is 6.77. The van der Waals surface area contributed by atoms with Gasteiger partial charge in [-0.25, -0.2) is 0 Å². The molecule has 1 aromatic carbocycles. The van der Waals surface area contributed by atoms with Crippen LogP contribution in [0.4, 0.5) is 0 Å². The topological polar surface area (TPSA) is 70.6 Å². The molecule has 1 aliphatic rings. The fraction of sp³-hybridized carbons (Fsp3) is 0.588. The highest BCUT2D eigenvalue weighted by atomic mass is 35.5.